The van der Waals surface area contributed by atoms with Gasteiger partial charge in [-0.2, -0.15) is 4.98 Å². The quantitative estimate of drug-likeness (QED) is 0.931. The molecule has 22 heavy (non-hydrogen) atoms. The molecule has 1 atom stereocenters. The number of nitrogens with one attached hydrogen (secondary N) is 1. The Balaban J connectivity index is 1.80. The van der Waals surface area contributed by atoms with Gasteiger partial charge in [0.2, 0.25) is 5.89 Å². The van der Waals surface area contributed by atoms with Crippen LogP contribution in [0.15, 0.2) is 21.1 Å². The average molecular weight is 305 g/mol. The maximum Gasteiger partial charge on any atom is 0.287 e. The Morgan fingerprint density at radius 1 is 1.32 bits per heavy atom. The summed E-state index contributed by atoms with van der Waals surface area (Å²) in [6, 6.07) is 3.09. The molecule has 0 aliphatic carbocycles. The molecule has 0 saturated carbocycles. The summed E-state index contributed by atoms with van der Waals surface area (Å²) < 4.78 is 16.0. The molecule has 3 rings (SSSR count). The molecule has 7 nitrogen and oxygen atoms in total. The van der Waals surface area contributed by atoms with E-state index < -0.39 is 0 Å². The number of aryl methyl sites for hydroxylation is 2. The topological polar surface area (TPSA) is 90.4 Å². The molecule has 2 aromatic heterocycles. The molecule has 1 aliphatic rings. The van der Waals surface area contributed by atoms with Gasteiger partial charge in [0, 0.05) is 13.2 Å². The van der Waals surface area contributed by atoms with E-state index in [1.54, 1.807) is 26.0 Å². The van der Waals surface area contributed by atoms with Crippen LogP contribution in [0, 0.1) is 19.8 Å². The fourth-order valence-electron chi connectivity index (χ4n) is 2.64. The van der Waals surface area contributed by atoms with Crippen molar-refractivity contribution >= 4 is 5.91 Å². The Kier molecular flexibility index (Phi) is 4.24. The van der Waals surface area contributed by atoms with Crippen molar-refractivity contribution in [2.24, 2.45) is 5.92 Å². The van der Waals surface area contributed by atoms with Crippen LogP contribution in [-0.2, 0) is 4.74 Å². The summed E-state index contributed by atoms with van der Waals surface area (Å²) >= 11 is 0. The summed E-state index contributed by atoms with van der Waals surface area (Å²) in [4.78, 5) is 16.6. The lowest BCUT2D eigenvalue weighted by Gasteiger charge is -2.28. The normalized spacial score (nSPS) is 17.4. The first-order valence-corrected chi connectivity index (χ1v) is 7.39. The molecule has 1 aliphatic heterocycles. The van der Waals surface area contributed by atoms with Crippen molar-refractivity contribution in [1.29, 1.82) is 0 Å². The van der Waals surface area contributed by atoms with Crippen LogP contribution in [0.5, 0.6) is 0 Å². The van der Waals surface area contributed by atoms with Crippen molar-refractivity contribution < 1.29 is 18.5 Å². The van der Waals surface area contributed by atoms with Crippen molar-refractivity contribution in [3.63, 3.8) is 0 Å². The number of amides is 1. The predicted octanol–water partition coefficient (Wildman–Crippen LogP) is 2.18. The fourth-order valence-corrected chi connectivity index (χ4v) is 2.64. The zero-order valence-electron chi connectivity index (χ0n) is 12.7. The summed E-state index contributed by atoms with van der Waals surface area (Å²) in [6.07, 6.45) is 1.67. The second kappa shape index (κ2) is 6.31. The Labute approximate surface area is 128 Å². The Morgan fingerprint density at radius 3 is 2.68 bits per heavy atom. The van der Waals surface area contributed by atoms with E-state index >= 15 is 0 Å². The smallest absolute Gasteiger partial charge is 0.287 e. The van der Waals surface area contributed by atoms with E-state index in [4.69, 9.17) is 13.7 Å². The average Bonchev–Trinajstić information content (AvgIpc) is 3.14. The molecule has 0 aromatic carbocycles. The molecule has 0 radical (unpaired) electrons. The first-order valence-electron chi connectivity index (χ1n) is 7.39. The Morgan fingerprint density at radius 2 is 2.09 bits per heavy atom. The number of carbonyl (C=O) groups excluding carboxylic acids is 1. The molecule has 2 aromatic rings. The van der Waals surface area contributed by atoms with Gasteiger partial charge in [0.05, 0.1) is 0 Å². The van der Waals surface area contributed by atoms with Gasteiger partial charge in [-0.3, -0.25) is 4.79 Å². The number of furan rings is 1. The maximum atomic E-state index is 12.4. The number of nitrogens with zero attached hydrogens (tertiary/aromatic N) is 2. The third kappa shape index (κ3) is 3.19. The molecular formula is C15H19N3O4. The van der Waals surface area contributed by atoms with Crippen molar-refractivity contribution in [1.82, 2.24) is 15.5 Å². The molecule has 3 heterocycles. The molecule has 7 heteroatoms. The fraction of sp³-hybridized carbons (Fsp3) is 0.533. The van der Waals surface area contributed by atoms with Crippen LogP contribution >= 0.6 is 0 Å². The number of aromatic nitrogens is 2. The van der Waals surface area contributed by atoms with Crippen LogP contribution in [0.3, 0.4) is 0 Å². The van der Waals surface area contributed by atoms with Crippen LogP contribution in [0.2, 0.25) is 0 Å². The van der Waals surface area contributed by atoms with Gasteiger partial charge in [0.25, 0.3) is 5.91 Å². The standard InChI is InChI=1S/C15H19N3O4/c1-9-3-4-12(21-9)14(19)17-13(11-5-7-20-8-6-11)15-16-10(2)18-22-15/h3-4,11,13H,5-8H2,1-2H3,(H,17,19). The minimum absolute atomic E-state index is 0.202. The first kappa shape index (κ1) is 14.8. The molecule has 1 unspecified atom stereocenters. The van der Waals surface area contributed by atoms with E-state index in [9.17, 15) is 4.79 Å². The maximum absolute atomic E-state index is 12.4. The highest BCUT2D eigenvalue weighted by molar-refractivity contribution is 5.91. The highest BCUT2D eigenvalue weighted by atomic mass is 16.5. The summed E-state index contributed by atoms with van der Waals surface area (Å²) in [7, 11) is 0. The molecule has 1 amide bonds. The van der Waals surface area contributed by atoms with Gasteiger partial charge in [-0.15, -0.1) is 0 Å². The van der Waals surface area contributed by atoms with Crippen molar-refractivity contribution in [2.75, 3.05) is 13.2 Å². The monoisotopic (exact) mass is 305 g/mol. The SMILES string of the molecule is Cc1noc(C(NC(=O)c2ccc(C)o2)C2CCOCC2)n1. The Bertz CT molecular complexity index is 643. The highest BCUT2D eigenvalue weighted by Crippen LogP contribution is 2.29. The molecular weight excluding hydrogens is 286 g/mol. The third-order valence-corrected chi connectivity index (χ3v) is 3.80. The summed E-state index contributed by atoms with van der Waals surface area (Å²) in [5.41, 5.74) is 0. The Hall–Kier alpha value is -2.15. The number of carbonyl (C=O) groups is 1. The number of ether oxygens (including phenoxy) is 1. The highest BCUT2D eigenvalue weighted by Gasteiger charge is 2.31. The summed E-state index contributed by atoms with van der Waals surface area (Å²) in [6.45, 7) is 4.90. The minimum Gasteiger partial charge on any atom is -0.456 e. The molecule has 1 saturated heterocycles. The van der Waals surface area contributed by atoms with Gasteiger partial charge in [0.1, 0.15) is 11.8 Å². The van der Waals surface area contributed by atoms with Gasteiger partial charge in [-0.1, -0.05) is 5.16 Å². The largest absolute Gasteiger partial charge is 0.456 e. The second-order valence-electron chi connectivity index (χ2n) is 5.49. The molecule has 1 N–H and O–H groups in total. The number of hydrogen-bond donors (Lipinski definition) is 1. The first-order chi connectivity index (χ1) is 10.6. The van der Waals surface area contributed by atoms with Gasteiger partial charge in [-0.25, -0.2) is 0 Å². The third-order valence-electron chi connectivity index (χ3n) is 3.80. The lowest BCUT2D eigenvalue weighted by molar-refractivity contribution is 0.0463. The van der Waals surface area contributed by atoms with Crippen molar-refractivity contribution in [3.05, 3.63) is 35.4 Å². The van der Waals surface area contributed by atoms with Gasteiger partial charge >= 0.3 is 0 Å². The van der Waals surface area contributed by atoms with E-state index in [1.165, 1.54) is 0 Å². The lowest BCUT2D eigenvalue weighted by atomic mass is 9.91. The van der Waals surface area contributed by atoms with E-state index in [-0.39, 0.29) is 23.6 Å². The van der Waals surface area contributed by atoms with E-state index in [1.807, 2.05) is 0 Å². The van der Waals surface area contributed by atoms with E-state index in [0.717, 1.165) is 12.8 Å². The second-order valence-corrected chi connectivity index (χ2v) is 5.49. The number of rotatable bonds is 4. The van der Waals surface area contributed by atoms with Gasteiger partial charge in [-0.05, 0) is 44.7 Å². The van der Waals surface area contributed by atoms with Gasteiger partial charge in [0.15, 0.2) is 11.6 Å². The van der Waals surface area contributed by atoms with Crippen molar-refractivity contribution in [3.8, 4) is 0 Å². The lowest BCUT2D eigenvalue weighted by Crippen LogP contribution is -2.36. The molecule has 0 bridgehead atoms. The van der Waals surface area contributed by atoms with Crippen LogP contribution in [0.25, 0.3) is 0 Å². The van der Waals surface area contributed by atoms with Crippen LogP contribution in [-0.4, -0.2) is 29.3 Å². The van der Waals surface area contributed by atoms with Crippen LogP contribution in [0.1, 0.15) is 46.9 Å². The zero-order valence-corrected chi connectivity index (χ0v) is 12.7. The van der Waals surface area contributed by atoms with Crippen molar-refractivity contribution in [2.45, 2.75) is 32.7 Å². The molecule has 1 fully saturated rings. The minimum atomic E-state index is -0.331. The predicted molar refractivity (Wildman–Crippen MR) is 76.2 cm³/mol. The number of hydrogen-bond acceptors (Lipinski definition) is 6. The summed E-state index contributed by atoms with van der Waals surface area (Å²) in [5.74, 6) is 1.89. The van der Waals surface area contributed by atoms with Gasteiger partial charge < -0.3 is 19.0 Å². The summed E-state index contributed by atoms with van der Waals surface area (Å²) in [5, 5.41) is 6.79. The molecule has 0 spiro atoms. The van der Waals surface area contributed by atoms with E-state index in [2.05, 4.69) is 15.5 Å². The van der Waals surface area contributed by atoms with Crippen LogP contribution < -0.4 is 5.32 Å². The molecule has 118 valence electrons. The van der Waals surface area contributed by atoms with E-state index in [0.29, 0.717) is 30.7 Å². The zero-order chi connectivity index (χ0) is 15.5. The van der Waals surface area contributed by atoms with Crippen LogP contribution in [0.4, 0.5) is 0 Å².